The van der Waals surface area contributed by atoms with E-state index in [1.165, 1.54) is 128 Å². The van der Waals surface area contributed by atoms with Crippen LogP contribution in [-0.2, 0) is 0 Å². The number of aromatic nitrogens is 1. The lowest BCUT2D eigenvalue weighted by molar-refractivity contribution is 0.514. The van der Waals surface area contributed by atoms with Crippen LogP contribution < -0.4 is 0 Å². The molecule has 3 atom stereocenters. The second-order valence-electron chi connectivity index (χ2n) is 19.3. The normalized spacial score (nSPS) is 18.2. The number of thiophene rings is 2. The summed E-state index contributed by atoms with van der Waals surface area (Å²) in [5.41, 5.74) is 12.4. The van der Waals surface area contributed by atoms with Gasteiger partial charge in [-0.25, -0.2) is 0 Å². The van der Waals surface area contributed by atoms with Gasteiger partial charge in [-0.05, 0) is 117 Å². The van der Waals surface area contributed by atoms with Gasteiger partial charge in [0.25, 0.3) is 0 Å². The smallest absolute Gasteiger partial charge is 0.0821 e. The molecule has 13 aromatic rings. The van der Waals surface area contributed by atoms with E-state index in [0.29, 0.717) is 0 Å². The summed E-state index contributed by atoms with van der Waals surface area (Å²) in [4.78, 5) is 6.27. The molecule has 1 aliphatic heterocycles. The molecule has 70 heavy (non-hydrogen) atoms. The highest BCUT2D eigenvalue weighted by Crippen LogP contribution is 2.47. The lowest BCUT2D eigenvalue weighted by atomic mass is 9.78. The Hall–Kier alpha value is -7.63. The minimum atomic E-state index is -0.130. The van der Waals surface area contributed by atoms with E-state index in [0.717, 1.165) is 12.8 Å². The molecule has 3 aromatic heterocycles. The monoisotopic (exact) mass is 932 g/mol. The fourth-order valence-electron chi connectivity index (χ4n) is 11.7. The van der Waals surface area contributed by atoms with Gasteiger partial charge in [-0.15, -0.1) is 22.7 Å². The van der Waals surface area contributed by atoms with Gasteiger partial charge in [-0.3, -0.25) is 4.99 Å². The molecule has 0 saturated carbocycles. The molecule has 2 nitrogen and oxygen atoms in total. The van der Waals surface area contributed by atoms with E-state index in [1.807, 2.05) is 22.7 Å². The number of allylic oxidation sites excluding steroid dienone is 1. The van der Waals surface area contributed by atoms with E-state index < -0.39 is 0 Å². The molecule has 0 amide bonds. The maximum absolute atomic E-state index is 6.27. The maximum Gasteiger partial charge on any atom is 0.0821 e. The summed E-state index contributed by atoms with van der Waals surface area (Å²) in [6.07, 6.45) is 4.40. The maximum atomic E-state index is 6.27. The average Bonchev–Trinajstić information content (AvgIpc) is 4.06. The van der Waals surface area contributed by atoms with Crippen LogP contribution in [0.1, 0.15) is 49.4 Å². The number of aliphatic imine (C=N–C) groups is 1. The molecule has 4 heterocycles. The predicted molar refractivity (Wildman–Crippen MR) is 305 cm³/mol. The van der Waals surface area contributed by atoms with E-state index in [-0.39, 0.29) is 17.9 Å². The first-order valence-electron chi connectivity index (χ1n) is 24.7. The topological polar surface area (TPSA) is 17.3 Å². The summed E-state index contributed by atoms with van der Waals surface area (Å²) in [6.45, 7) is 4.78. The van der Waals surface area contributed by atoms with Crippen molar-refractivity contribution >= 4 is 118 Å². The van der Waals surface area contributed by atoms with Crippen LogP contribution in [-0.4, -0.2) is 10.3 Å². The zero-order valence-corrected chi connectivity index (χ0v) is 40.7. The van der Waals surface area contributed by atoms with Crippen molar-refractivity contribution in [1.29, 1.82) is 0 Å². The third kappa shape index (κ3) is 6.69. The summed E-state index contributed by atoms with van der Waals surface area (Å²) < 4.78 is 7.82. The van der Waals surface area contributed by atoms with Crippen molar-refractivity contribution in [2.24, 2.45) is 16.8 Å². The van der Waals surface area contributed by atoms with Gasteiger partial charge in [0.1, 0.15) is 0 Å². The van der Waals surface area contributed by atoms with Crippen molar-refractivity contribution in [1.82, 2.24) is 4.57 Å². The Morgan fingerprint density at radius 1 is 0.471 bits per heavy atom. The first kappa shape index (κ1) is 41.4. The Bertz CT molecular complexity index is 4190. The highest BCUT2D eigenvalue weighted by Gasteiger charge is 2.32. The average molecular weight is 933 g/mol. The molecular weight excluding hydrogens is 885 g/mol. The highest BCUT2D eigenvalue weighted by molar-refractivity contribution is 7.26. The van der Waals surface area contributed by atoms with Crippen LogP contribution in [0.5, 0.6) is 0 Å². The molecule has 14 rings (SSSR count). The van der Waals surface area contributed by atoms with Gasteiger partial charge in [-0.2, -0.15) is 0 Å². The van der Waals surface area contributed by atoms with Crippen LogP contribution in [0.3, 0.4) is 0 Å². The van der Waals surface area contributed by atoms with Crippen LogP contribution in [0, 0.1) is 11.8 Å². The van der Waals surface area contributed by atoms with E-state index in [4.69, 9.17) is 4.99 Å². The fraction of sp³-hybridized carbons (Fsp3) is 0.106. The Kier molecular flexibility index (Phi) is 9.76. The quantitative estimate of drug-likeness (QED) is 0.158. The Labute approximate surface area is 415 Å². The minimum Gasteiger partial charge on any atom is -0.309 e. The van der Waals surface area contributed by atoms with E-state index in [1.54, 1.807) is 0 Å². The van der Waals surface area contributed by atoms with E-state index >= 15 is 0 Å². The van der Waals surface area contributed by atoms with Crippen LogP contribution in [0.2, 0.25) is 0 Å². The molecule has 0 fully saturated rings. The van der Waals surface area contributed by atoms with Gasteiger partial charge in [0.2, 0.25) is 0 Å². The van der Waals surface area contributed by atoms with Crippen molar-refractivity contribution in [3.05, 3.63) is 229 Å². The first-order valence-corrected chi connectivity index (χ1v) is 26.3. The van der Waals surface area contributed by atoms with Gasteiger partial charge in [-0.1, -0.05) is 172 Å². The molecule has 2 unspecified atom stereocenters. The molecule has 0 aliphatic carbocycles. The van der Waals surface area contributed by atoms with Crippen molar-refractivity contribution < 1.29 is 0 Å². The minimum absolute atomic E-state index is 0.118. The van der Waals surface area contributed by atoms with E-state index in [9.17, 15) is 0 Å². The Morgan fingerprint density at radius 2 is 1.00 bits per heavy atom. The van der Waals surface area contributed by atoms with Gasteiger partial charge < -0.3 is 4.57 Å². The van der Waals surface area contributed by atoms with Crippen molar-refractivity contribution in [3.8, 4) is 16.8 Å². The molecule has 0 saturated heterocycles. The Balaban J connectivity index is 1.04. The van der Waals surface area contributed by atoms with Gasteiger partial charge in [0, 0.05) is 74.2 Å². The largest absolute Gasteiger partial charge is 0.309 e. The molecule has 4 heteroatoms. The van der Waals surface area contributed by atoms with Crippen LogP contribution in [0.4, 0.5) is 0 Å². The third-order valence-electron chi connectivity index (χ3n) is 15.2. The standard InChI is InChI=1S/C66H48N2S2/c1-3-49-50(43-28-26-42(27-29-43)41-15-5-4-6-16-41)31-25-40(2)65(67-66(49)48-30-32-53-51-21-11-13-23-61(51)69-63(53)37-48)57-39-64-56(52-22-12-14-24-62(52)70-64)38-60(57)68-58-35-46-19-9-7-17-44(46)33-54(58)55-34-45-18-8-10-20-47(45)36-59(55)68/h4-24,26-40,49,66H,3,25H2,1-2H3/b50-31+,67-65+/t40-,49?,66?/m1/s1. The van der Waals surface area contributed by atoms with Crippen LogP contribution in [0.25, 0.3) is 106 Å². The van der Waals surface area contributed by atoms with Gasteiger partial charge in [0.15, 0.2) is 0 Å². The highest BCUT2D eigenvalue weighted by atomic mass is 32.1. The van der Waals surface area contributed by atoms with Crippen molar-refractivity contribution in [3.63, 3.8) is 0 Å². The number of hydrogen-bond donors (Lipinski definition) is 0. The van der Waals surface area contributed by atoms with Crippen molar-refractivity contribution in [2.45, 2.75) is 32.7 Å². The summed E-state index contributed by atoms with van der Waals surface area (Å²) in [6, 6.07) is 77.2. The lowest BCUT2D eigenvalue weighted by Gasteiger charge is -2.32. The van der Waals surface area contributed by atoms with Crippen LogP contribution in [0.15, 0.2) is 217 Å². The molecule has 0 radical (unpaired) electrons. The zero-order chi connectivity index (χ0) is 46.5. The third-order valence-corrected chi connectivity index (χ3v) is 17.5. The zero-order valence-electron chi connectivity index (χ0n) is 39.1. The lowest BCUT2D eigenvalue weighted by Crippen LogP contribution is -2.23. The van der Waals surface area contributed by atoms with Crippen molar-refractivity contribution in [2.75, 3.05) is 0 Å². The first-order chi connectivity index (χ1) is 34.5. The molecule has 0 spiro atoms. The van der Waals surface area contributed by atoms with Crippen LogP contribution >= 0.6 is 22.7 Å². The molecule has 10 aromatic carbocycles. The molecular formula is C66H48N2S2. The number of hydrogen-bond acceptors (Lipinski definition) is 3. The van der Waals surface area contributed by atoms with Gasteiger partial charge >= 0.3 is 0 Å². The number of fused-ring (bicyclic) bond motifs is 11. The van der Waals surface area contributed by atoms with E-state index in [2.05, 4.69) is 231 Å². The summed E-state index contributed by atoms with van der Waals surface area (Å²) >= 11 is 3.79. The predicted octanol–water partition coefficient (Wildman–Crippen LogP) is 19.2. The second kappa shape index (κ2) is 16.5. The number of rotatable bonds is 6. The molecule has 0 N–H and O–H groups in total. The Morgan fingerprint density at radius 3 is 1.64 bits per heavy atom. The molecule has 334 valence electrons. The summed E-state index contributed by atoms with van der Waals surface area (Å²) in [5, 5.41) is 12.7. The summed E-state index contributed by atoms with van der Waals surface area (Å²) in [5.74, 6) is 0.256. The second-order valence-corrected chi connectivity index (χ2v) is 21.5. The summed E-state index contributed by atoms with van der Waals surface area (Å²) in [7, 11) is 0. The number of nitrogens with zero attached hydrogens (tertiary/aromatic N) is 2. The molecule has 0 bridgehead atoms. The fourth-order valence-corrected chi connectivity index (χ4v) is 14.0. The SMILES string of the molecule is CCC1/C(c2ccc(-c3ccccc3)cc2)=C/C[C@@H](C)/C(c2cc3sc4ccccc4c3cc2-n2c3cc4ccccc4cc3c3cc4ccccc4cc32)=N\C1c1ccc2c(c1)sc1ccccc12. The molecule has 1 aliphatic rings. The van der Waals surface area contributed by atoms with Gasteiger partial charge in [0.05, 0.1) is 22.8 Å². The number of benzene rings is 10.